The van der Waals surface area contributed by atoms with Gasteiger partial charge in [0.05, 0.1) is 7.11 Å². The summed E-state index contributed by atoms with van der Waals surface area (Å²) < 4.78 is 4.50. The zero-order chi connectivity index (χ0) is 7.98. The molecule has 10 heavy (non-hydrogen) atoms. The Hall–Kier alpha value is -0.570. The van der Waals surface area contributed by atoms with Crippen LogP contribution in [0, 0.1) is 0 Å². The topological polar surface area (TPSA) is 29.5 Å². The standard InChI is InChI=1S/C7H12O2S/c1-9-7(8)5-4-6-10(2)3/h4-6H,1-3H3/p+1/b6-4+,7-5+. The van der Waals surface area contributed by atoms with E-state index in [9.17, 15) is 0 Å². The highest BCUT2D eigenvalue weighted by molar-refractivity contribution is 7.98. The molecule has 0 unspecified atom stereocenters. The Morgan fingerprint density at radius 3 is 2.50 bits per heavy atom. The van der Waals surface area contributed by atoms with Crippen LogP contribution in [0.3, 0.4) is 0 Å². The van der Waals surface area contributed by atoms with Crippen molar-refractivity contribution in [3.05, 3.63) is 23.5 Å². The van der Waals surface area contributed by atoms with Crippen LogP contribution in [0.25, 0.3) is 0 Å². The molecule has 0 aliphatic carbocycles. The van der Waals surface area contributed by atoms with E-state index < -0.39 is 0 Å². The van der Waals surface area contributed by atoms with Crippen LogP contribution < -0.4 is 0 Å². The Bertz CT molecular complexity index is 139. The number of aliphatic hydroxyl groups is 1. The van der Waals surface area contributed by atoms with Crippen molar-refractivity contribution in [2.75, 3.05) is 19.6 Å². The van der Waals surface area contributed by atoms with Crippen molar-refractivity contribution in [1.82, 2.24) is 0 Å². The maximum atomic E-state index is 8.76. The lowest BCUT2D eigenvalue weighted by molar-refractivity contribution is 0.136. The second-order valence-corrected chi connectivity index (χ2v) is 3.95. The first-order valence-electron chi connectivity index (χ1n) is 2.84. The minimum Gasteiger partial charge on any atom is -0.481 e. The number of hydrogen-bond donors (Lipinski definition) is 1. The van der Waals surface area contributed by atoms with E-state index in [0.29, 0.717) is 0 Å². The number of ether oxygens (including phenoxy) is 1. The van der Waals surface area contributed by atoms with Gasteiger partial charge < -0.3 is 9.84 Å². The van der Waals surface area contributed by atoms with Gasteiger partial charge in [0.1, 0.15) is 17.9 Å². The van der Waals surface area contributed by atoms with E-state index >= 15 is 0 Å². The molecule has 0 saturated carbocycles. The minimum absolute atomic E-state index is 0.0540. The molecule has 0 aliphatic rings. The van der Waals surface area contributed by atoms with Crippen LogP contribution in [-0.2, 0) is 15.6 Å². The summed E-state index contributed by atoms with van der Waals surface area (Å²) in [5.41, 5.74) is 0. The molecular formula is C7H13O2S+. The number of aliphatic hydroxyl groups excluding tert-OH is 1. The van der Waals surface area contributed by atoms with Crippen molar-refractivity contribution < 1.29 is 9.84 Å². The van der Waals surface area contributed by atoms with Gasteiger partial charge in [-0.05, 0) is 6.08 Å². The number of allylic oxidation sites excluding steroid dienone is 2. The van der Waals surface area contributed by atoms with Crippen molar-refractivity contribution >= 4 is 10.9 Å². The Balaban J connectivity index is 3.70. The second kappa shape index (κ2) is 5.23. The molecule has 1 N–H and O–H groups in total. The van der Waals surface area contributed by atoms with Crippen LogP contribution in [0.5, 0.6) is 0 Å². The zero-order valence-corrected chi connectivity index (χ0v) is 7.31. The summed E-state index contributed by atoms with van der Waals surface area (Å²) in [4.78, 5) is 0. The first-order chi connectivity index (χ1) is 4.66. The molecule has 0 aromatic carbocycles. The summed E-state index contributed by atoms with van der Waals surface area (Å²) in [6.07, 6.45) is 7.48. The second-order valence-electron chi connectivity index (χ2n) is 1.92. The SMILES string of the molecule is CO/C(O)=C/C=C/[S+](C)C. The molecule has 0 fully saturated rings. The van der Waals surface area contributed by atoms with E-state index in [1.807, 2.05) is 5.41 Å². The van der Waals surface area contributed by atoms with Crippen LogP contribution in [-0.4, -0.2) is 24.7 Å². The smallest absolute Gasteiger partial charge is 0.276 e. The Labute approximate surface area is 64.5 Å². The molecule has 58 valence electrons. The van der Waals surface area contributed by atoms with Crippen LogP contribution in [0.1, 0.15) is 0 Å². The summed E-state index contributed by atoms with van der Waals surface area (Å²) in [5, 5.41) is 10.8. The van der Waals surface area contributed by atoms with Crippen LogP contribution in [0.2, 0.25) is 0 Å². The van der Waals surface area contributed by atoms with E-state index in [-0.39, 0.29) is 16.8 Å². The molecule has 0 rings (SSSR count). The fraction of sp³-hybridized carbons (Fsp3) is 0.429. The fourth-order valence-electron chi connectivity index (χ4n) is 0.347. The molecule has 0 aromatic rings. The van der Waals surface area contributed by atoms with Gasteiger partial charge in [-0.1, -0.05) is 0 Å². The minimum atomic E-state index is -0.0540. The van der Waals surface area contributed by atoms with Crippen molar-refractivity contribution in [3.63, 3.8) is 0 Å². The predicted molar refractivity (Wildman–Crippen MR) is 46.1 cm³/mol. The van der Waals surface area contributed by atoms with Crippen molar-refractivity contribution in [3.8, 4) is 0 Å². The summed E-state index contributed by atoms with van der Waals surface area (Å²) >= 11 is 0. The van der Waals surface area contributed by atoms with E-state index in [1.165, 1.54) is 13.2 Å². The van der Waals surface area contributed by atoms with Crippen LogP contribution >= 0.6 is 0 Å². The van der Waals surface area contributed by atoms with Gasteiger partial charge in [-0.15, -0.1) is 0 Å². The predicted octanol–water partition coefficient (Wildman–Crippen LogP) is 1.42. The van der Waals surface area contributed by atoms with Gasteiger partial charge in [0, 0.05) is 17.0 Å². The number of hydrogen-bond acceptors (Lipinski definition) is 2. The molecule has 0 heterocycles. The third-order valence-electron chi connectivity index (χ3n) is 0.799. The third-order valence-corrected chi connectivity index (χ3v) is 1.50. The summed E-state index contributed by atoms with van der Waals surface area (Å²) in [5.74, 6) is -0.0540. The van der Waals surface area contributed by atoms with Gasteiger partial charge in [0.15, 0.2) is 0 Å². The number of methoxy groups -OCH3 is 1. The average Bonchev–Trinajstić information content (AvgIpc) is 1.87. The molecule has 3 heteroatoms. The third kappa shape index (κ3) is 5.56. The Morgan fingerprint density at radius 2 is 2.10 bits per heavy atom. The summed E-state index contributed by atoms with van der Waals surface area (Å²) in [6, 6.07) is 0. The average molecular weight is 161 g/mol. The lowest BCUT2D eigenvalue weighted by Gasteiger charge is -1.91. The van der Waals surface area contributed by atoms with Crippen LogP contribution in [0.15, 0.2) is 23.5 Å². The van der Waals surface area contributed by atoms with Gasteiger partial charge in [-0.3, -0.25) is 0 Å². The normalized spacial score (nSPS) is 13.0. The van der Waals surface area contributed by atoms with E-state index in [1.54, 1.807) is 6.08 Å². The lowest BCUT2D eigenvalue weighted by atomic mass is 10.6. The quantitative estimate of drug-likeness (QED) is 0.385. The van der Waals surface area contributed by atoms with Gasteiger partial charge >= 0.3 is 0 Å². The fourth-order valence-corrected chi connectivity index (χ4v) is 0.740. The molecule has 0 spiro atoms. The Kier molecular flexibility index (Phi) is 4.94. The lowest BCUT2D eigenvalue weighted by Crippen LogP contribution is -1.86. The van der Waals surface area contributed by atoms with E-state index in [4.69, 9.17) is 5.11 Å². The van der Waals surface area contributed by atoms with Crippen molar-refractivity contribution in [2.45, 2.75) is 0 Å². The van der Waals surface area contributed by atoms with E-state index in [0.717, 1.165) is 0 Å². The van der Waals surface area contributed by atoms with Crippen molar-refractivity contribution in [2.24, 2.45) is 0 Å². The first-order valence-corrected chi connectivity index (χ1v) is 4.95. The van der Waals surface area contributed by atoms with Crippen molar-refractivity contribution in [1.29, 1.82) is 0 Å². The summed E-state index contributed by atoms with van der Waals surface area (Å²) in [7, 11) is 1.70. The largest absolute Gasteiger partial charge is 0.481 e. The zero-order valence-electron chi connectivity index (χ0n) is 6.50. The highest BCUT2D eigenvalue weighted by Crippen LogP contribution is 1.91. The molecule has 0 amide bonds. The molecule has 0 radical (unpaired) electrons. The molecule has 0 aliphatic heterocycles. The highest BCUT2D eigenvalue weighted by Gasteiger charge is 1.91. The van der Waals surface area contributed by atoms with Gasteiger partial charge in [0.2, 0.25) is 0 Å². The maximum Gasteiger partial charge on any atom is 0.276 e. The molecule has 2 nitrogen and oxygen atoms in total. The van der Waals surface area contributed by atoms with Crippen LogP contribution in [0.4, 0.5) is 0 Å². The summed E-state index contributed by atoms with van der Waals surface area (Å²) in [6.45, 7) is 0. The van der Waals surface area contributed by atoms with Gasteiger partial charge in [-0.2, -0.15) is 0 Å². The monoisotopic (exact) mass is 161 g/mol. The van der Waals surface area contributed by atoms with Gasteiger partial charge in [0.25, 0.3) is 5.95 Å². The van der Waals surface area contributed by atoms with Gasteiger partial charge in [-0.25, -0.2) is 0 Å². The highest BCUT2D eigenvalue weighted by atomic mass is 32.2. The Morgan fingerprint density at radius 1 is 1.50 bits per heavy atom. The molecule has 0 saturated heterocycles. The molecule has 0 atom stereocenters. The first kappa shape index (κ1) is 9.43. The maximum absolute atomic E-state index is 8.76. The van der Waals surface area contributed by atoms with E-state index in [2.05, 4.69) is 17.2 Å². The molecular weight excluding hydrogens is 148 g/mol. The number of rotatable bonds is 3. The molecule has 0 bridgehead atoms. The molecule has 0 aromatic heterocycles.